The molecular weight excluding hydrogens is 366 g/mol. The Morgan fingerprint density at radius 2 is 1.86 bits per heavy atom. The summed E-state index contributed by atoms with van der Waals surface area (Å²) in [6, 6.07) is 15.8. The van der Waals surface area contributed by atoms with E-state index in [0.717, 1.165) is 60.6 Å². The Kier molecular flexibility index (Phi) is 5.98. The molecule has 6 nitrogen and oxygen atoms in total. The predicted molar refractivity (Wildman–Crippen MR) is 112 cm³/mol. The summed E-state index contributed by atoms with van der Waals surface area (Å²) in [5, 5.41) is 3.04. The molecule has 0 aliphatic heterocycles. The summed E-state index contributed by atoms with van der Waals surface area (Å²) in [7, 11) is 1.65. The van der Waals surface area contributed by atoms with E-state index >= 15 is 0 Å². The average molecular weight is 393 g/mol. The fraction of sp³-hybridized carbons (Fsp3) is 0.391. The van der Waals surface area contributed by atoms with E-state index in [0.29, 0.717) is 13.2 Å². The normalized spacial score (nSPS) is 13.4. The zero-order chi connectivity index (χ0) is 20.1. The van der Waals surface area contributed by atoms with E-state index in [2.05, 4.69) is 16.0 Å². The number of amides is 1. The number of aryl methyl sites for hydroxylation is 1. The molecule has 6 heteroatoms. The summed E-state index contributed by atoms with van der Waals surface area (Å²) in [6.07, 6.45) is 3.93. The van der Waals surface area contributed by atoms with Gasteiger partial charge in [0.2, 0.25) is 5.91 Å². The Hall–Kier alpha value is -3.02. The van der Waals surface area contributed by atoms with Gasteiger partial charge in [-0.15, -0.1) is 0 Å². The van der Waals surface area contributed by atoms with Crippen LogP contribution in [0.5, 0.6) is 11.5 Å². The van der Waals surface area contributed by atoms with Gasteiger partial charge in [-0.05, 0) is 62.1 Å². The number of para-hydroxylation sites is 2. The van der Waals surface area contributed by atoms with Gasteiger partial charge in [0, 0.05) is 12.5 Å². The number of aromatic nitrogens is 2. The Labute approximate surface area is 170 Å². The lowest BCUT2D eigenvalue weighted by Crippen LogP contribution is -2.26. The number of carbonyl (C=O) groups is 1. The van der Waals surface area contributed by atoms with E-state index in [4.69, 9.17) is 14.5 Å². The summed E-state index contributed by atoms with van der Waals surface area (Å²) in [4.78, 5) is 16.7. The Morgan fingerprint density at radius 3 is 2.62 bits per heavy atom. The first-order chi connectivity index (χ1) is 14.2. The van der Waals surface area contributed by atoms with Crippen LogP contribution in [0.4, 0.5) is 0 Å². The number of hydrogen-bond acceptors (Lipinski definition) is 4. The fourth-order valence-corrected chi connectivity index (χ4v) is 3.40. The minimum absolute atomic E-state index is 0.150. The van der Waals surface area contributed by atoms with E-state index in [1.807, 2.05) is 42.5 Å². The maximum Gasteiger partial charge on any atom is 0.223 e. The number of rotatable bonds is 10. The first-order valence-corrected chi connectivity index (χ1v) is 10.2. The summed E-state index contributed by atoms with van der Waals surface area (Å²) >= 11 is 0. The van der Waals surface area contributed by atoms with Crippen LogP contribution in [0.25, 0.3) is 11.0 Å². The number of nitrogens with zero attached hydrogens (tertiary/aromatic N) is 2. The highest BCUT2D eigenvalue weighted by Crippen LogP contribution is 2.29. The van der Waals surface area contributed by atoms with Gasteiger partial charge in [0.25, 0.3) is 0 Å². The number of methoxy groups -OCH3 is 1. The van der Waals surface area contributed by atoms with Crippen molar-refractivity contribution in [1.82, 2.24) is 14.9 Å². The van der Waals surface area contributed by atoms with Gasteiger partial charge in [0.05, 0.1) is 31.3 Å². The second-order valence-corrected chi connectivity index (χ2v) is 7.39. The van der Waals surface area contributed by atoms with E-state index in [-0.39, 0.29) is 11.8 Å². The zero-order valence-electron chi connectivity index (χ0n) is 16.8. The predicted octanol–water partition coefficient (Wildman–Crippen LogP) is 3.93. The minimum atomic E-state index is 0.150. The van der Waals surface area contributed by atoms with E-state index < -0.39 is 0 Å². The molecule has 4 rings (SSSR count). The lowest BCUT2D eigenvalue weighted by Gasteiger charge is -2.11. The zero-order valence-corrected chi connectivity index (χ0v) is 16.8. The smallest absolute Gasteiger partial charge is 0.223 e. The van der Waals surface area contributed by atoms with Crippen LogP contribution >= 0.6 is 0 Å². The van der Waals surface area contributed by atoms with Gasteiger partial charge in [-0.1, -0.05) is 12.1 Å². The molecule has 1 saturated carbocycles. The summed E-state index contributed by atoms with van der Waals surface area (Å²) in [6.45, 7) is 1.99. The molecule has 152 valence electrons. The lowest BCUT2D eigenvalue weighted by atomic mass is 10.3. The summed E-state index contributed by atoms with van der Waals surface area (Å²) in [5.74, 6) is 2.95. The van der Waals surface area contributed by atoms with Crippen LogP contribution in [0.1, 0.15) is 31.5 Å². The minimum Gasteiger partial charge on any atom is -0.497 e. The molecule has 0 bridgehead atoms. The number of hydrogen-bond donors (Lipinski definition) is 1. The van der Waals surface area contributed by atoms with Crippen molar-refractivity contribution in [3.63, 3.8) is 0 Å². The molecule has 3 aromatic rings. The van der Waals surface area contributed by atoms with Crippen molar-refractivity contribution < 1.29 is 14.3 Å². The van der Waals surface area contributed by atoms with Crippen LogP contribution in [0, 0.1) is 5.92 Å². The molecule has 2 aromatic carbocycles. The van der Waals surface area contributed by atoms with Gasteiger partial charge >= 0.3 is 0 Å². The van der Waals surface area contributed by atoms with Gasteiger partial charge in [0.1, 0.15) is 17.3 Å². The van der Waals surface area contributed by atoms with Crippen molar-refractivity contribution in [2.24, 2.45) is 5.92 Å². The molecule has 1 aromatic heterocycles. The van der Waals surface area contributed by atoms with Crippen molar-refractivity contribution in [3.05, 3.63) is 54.4 Å². The fourth-order valence-electron chi connectivity index (χ4n) is 3.40. The second kappa shape index (κ2) is 8.99. The molecular formula is C23H27N3O3. The molecule has 0 radical (unpaired) electrons. The molecule has 0 unspecified atom stereocenters. The molecule has 1 heterocycles. The van der Waals surface area contributed by atoms with Crippen molar-refractivity contribution in [2.75, 3.05) is 13.7 Å². The third-order valence-corrected chi connectivity index (χ3v) is 5.21. The van der Waals surface area contributed by atoms with Crippen LogP contribution < -0.4 is 14.8 Å². The Balaban J connectivity index is 1.32. The topological polar surface area (TPSA) is 65.4 Å². The van der Waals surface area contributed by atoms with E-state index in [1.54, 1.807) is 7.11 Å². The largest absolute Gasteiger partial charge is 0.497 e. The van der Waals surface area contributed by atoms with Crippen molar-refractivity contribution in [1.29, 1.82) is 0 Å². The average Bonchev–Trinajstić information content (AvgIpc) is 3.55. The standard InChI is InChI=1S/C23H27N3O3/c1-28-18-10-12-19(13-11-18)29-15-5-4-14-26-21-7-3-2-6-20(21)25-22(26)16-24-23(27)17-8-9-17/h2-3,6-7,10-13,17H,4-5,8-9,14-16H2,1H3,(H,24,27). The highest BCUT2D eigenvalue weighted by atomic mass is 16.5. The molecule has 29 heavy (non-hydrogen) atoms. The molecule has 1 fully saturated rings. The number of nitrogens with one attached hydrogen (secondary N) is 1. The van der Waals surface area contributed by atoms with E-state index in [9.17, 15) is 4.79 Å². The number of fused-ring (bicyclic) bond motifs is 1. The summed E-state index contributed by atoms with van der Waals surface area (Å²) in [5.41, 5.74) is 2.08. The Morgan fingerprint density at radius 1 is 1.10 bits per heavy atom. The second-order valence-electron chi connectivity index (χ2n) is 7.39. The van der Waals surface area contributed by atoms with Crippen LogP contribution in [0.2, 0.25) is 0 Å². The van der Waals surface area contributed by atoms with Gasteiger partial charge in [-0.25, -0.2) is 4.98 Å². The maximum atomic E-state index is 12.0. The first-order valence-electron chi connectivity index (χ1n) is 10.2. The van der Waals surface area contributed by atoms with Crippen molar-refractivity contribution in [3.8, 4) is 11.5 Å². The third-order valence-electron chi connectivity index (χ3n) is 5.21. The van der Waals surface area contributed by atoms with Gasteiger partial charge < -0.3 is 19.4 Å². The molecule has 0 saturated heterocycles. The van der Waals surface area contributed by atoms with Crippen LogP contribution in [0.3, 0.4) is 0 Å². The summed E-state index contributed by atoms with van der Waals surface area (Å²) < 4.78 is 13.2. The van der Waals surface area contributed by atoms with Crippen molar-refractivity contribution in [2.45, 2.75) is 38.8 Å². The highest BCUT2D eigenvalue weighted by molar-refractivity contribution is 5.81. The van der Waals surface area contributed by atoms with Gasteiger partial charge in [-0.2, -0.15) is 0 Å². The van der Waals surface area contributed by atoms with E-state index in [1.165, 1.54) is 0 Å². The number of imidazole rings is 1. The quantitative estimate of drug-likeness (QED) is 0.530. The van der Waals surface area contributed by atoms with Crippen LogP contribution in [-0.2, 0) is 17.9 Å². The first kappa shape index (κ1) is 19.3. The van der Waals surface area contributed by atoms with Gasteiger partial charge in [-0.3, -0.25) is 4.79 Å². The Bertz CT molecular complexity index is 961. The van der Waals surface area contributed by atoms with Crippen molar-refractivity contribution >= 4 is 16.9 Å². The maximum absolute atomic E-state index is 12.0. The molecule has 1 N–H and O–H groups in total. The SMILES string of the molecule is COc1ccc(OCCCCn2c(CNC(=O)C3CC3)nc3ccccc32)cc1. The third kappa shape index (κ3) is 4.88. The van der Waals surface area contributed by atoms with Crippen LogP contribution in [0.15, 0.2) is 48.5 Å². The number of carbonyl (C=O) groups excluding carboxylic acids is 1. The lowest BCUT2D eigenvalue weighted by molar-refractivity contribution is -0.122. The monoisotopic (exact) mass is 393 g/mol. The molecule has 1 aliphatic carbocycles. The highest BCUT2D eigenvalue weighted by Gasteiger charge is 2.29. The molecule has 0 spiro atoms. The molecule has 1 aliphatic rings. The number of benzene rings is 2. The van der Waals surface area contributed by atoms with Gasteiger partial charge in [0.15, 0.2) is 0 Å². The van der Waals surface area contributed by atoms with Crippen LogP contribution in [-0.4, -0.2) is 29.2 Å². The number of unbranched alkanes of at least 4 members (excludes halogenated alkanes) is 1. The molecule has 1 amide bonds. The number of ether oxygens (including phenoxy) is 2. The molecule has 0 atom stereocenters.